The van der Waals surface area contributed by atoms with Gasteiger partial charge in [0.1, 0.15) is 5.58 Å². The molecule has 1 saturated heterocycles. The topological polar surface area (TPSA) is 53.7 Å². The normalized spacial score (nSPS) is 21.3. The molecule has 2 heterocycles. The highest BCUT2D eigenvalue weighted by Crippen LogP contribution is 2.30. The Morgan fingerprint density at radius 1 is 1.12 bits per heavy atom. The molecule has 1 atom stereocenters. The number of rotatable bonds is 4. The van der Waals surface area contributed by atoms with Gasteiger partial charge in [-0.05, 0) is 73.9 Å². The molecular weight excluding hydrogens is 302 g/mol. The van der Waals surface area contributed by atoms with E-state index >= 15 is 0 Å². The summed E-state index contributed by atoms with van der Waals surface area (Å²) in [6.07, 6.45) is 7.77. The third-order valence-corrected chi connectivity index (χ3v) is 5.63. The number of hydrogen-bond donors (Lipinski definition) is 1. The zero-order valence-electron chi connectivity index (χ0n) is 14.1. The maximum Gasteiger partial charge on any atom is 0.336 e. The highest BCUT2D eigenvalue weighted by atomic mass is 16.4. The lowest BCUT2D eigenvalue weighted by atomic mass is 9.97. The van der Waals surface area contributed by atoms with Crippen LogP contribution in [0.25, 0.3) is 11.0 Å². The van der Waals surface area contributed by atoms with E-state index in [0.717, 1.165) is 55.3 Å². The van der Waals surface area contributed by atoms with E-state index in [9.17, 15) is 9.90 Å². The largest absolute Gasteiger partial charge is 0.423 e. The summed E-state index contributed by atoms with van der Waals surface area (Å²) in [5.74, 6) is 0. The van der Waals surface area contributed by atoms with E-state index in [4.69, 9.17) is 4.42 Å². The highest BCUT2D eigenvalue weighted by Gasteiger charge is 2.23. The fourth-order valence-corrected chi connectivity index (χ4v) is 4.39. The van der Waals surface area contributed by atoms with Crippen LogP contribution in [-0.2, 0) is 19.4 Å². The van der Waals surface area contributed by atoms with Gasteiger partial charge >= 0.3 is 5.63 Å². The quantitative estimate of drug-likeness (QED) is 0.877. The van der Waals surface area contributed by atoms with Crippen molar-refractivity contribution in [1.29, 1.82) is 0 Å². The fraction of sp³-hybridized carbons (Fsp3) is 0.550. The lowest BCUT2D eigenvalue weighted by Gasteiger charge is -2.35. The van der Waals surface area contributed by atoms with Crippen molar-refractivity contribution in [2.24, 2.45) is 0 Å². The van der Waals surface area contributed by atoms with Gasteiger partial charge in [-0.25, -0.2) is 4.79 Å². The lowest BCUT2D eigenvalue weighted by Crippen LogP contribution is -2.39. The standard InChI is InChI=1S/C20H25NO3/c22-9-7-17-6-1-2-8-21(17)13-16-12-20(23)24-19-11-15-5-3-4-14(15)10-18(16)19/h10-12,17,22H,1-9,13H2/t17-/m0/s1. The summed E-state index contributed by atoms with van der Waals surface area (Å²) in [6, 6.07) is 6.39. The van der Waals surface area contributed by atoms with Gasteiger partial charge in [-0.1, -0.05) is 6.42 Å². The van der Waals surface area contributed by atoms with E-state index in [1.165, 1.54) is 30.4 Å². The minimum atomic E-state index is -0.258. The van der Waals surface area contributed by atoms with Gasteiger partial charge in [0.15, 0.2) is 0 Å². The highest BCUT2D eigenvalue weighted by molar-refractivity contribution is 5.82. The smallest absolute Gasteiger partial charge is 0.336 e. The van der Waals surface area contributed by atoms with Crippen LogP contribution < -0.4 is 5.63 Å². The Labute approximate surface area is 142 Å². The third kappa shape index (κ3) is 3.01. The number of aliphatic hydroxyl groups is 1. The Hall–Kier alpha value is -1.65. The first-order valence-corrected chi connectivity index (χ1v) is 9.18. The number of benzene rings is 1. The SMILES string of the molecule is O=c1cc(CN2CCCC[C@H]2CCO)c2cc3c(cc2o1)CCC3. The van der Waals surface area contributed by atoms with E-state index in [0.29, 0.717) is 6.04 Å². The van der Waals surface area contributed by atoms with Crippen molar-refractivity contribution in [2.75, 3.05) is 13.2 Å². The molecule has 1 aliphatic heterocycles. The zero-order chi connectivity index (χ0) is 16.5. The molecule has 0 spiro atoms. The van der Waals surface area contributed by atoms with E-state index in [2.05, 4.69) is 17.0 Å². The monoisotopic (exact) mass is 327 g/mol. The van der Waals surface area contributed by atoms with Crippen molar-refractivity contribution >= 4 is 11.0 Å². The molecule has 1 aromatic heterocycles. The molecule has 128 valence electrons. The molecule has 1 N–H and O–H groups in total. The molecule has 4 nitrogen and oxygen atoms in total. The summed E-state index contributed by atoms with van der Waals surface area (Å²) < 4.78 is 5.48. The number of hydrogen-bond acceptors (Lipinski definition) is 4. The van der Waals surface area contributed by atoms with E-state index in [-0.39, 0.29) is 12.2 Å². The minimum Gasteiger partial charge on any atom is -0.423 e. The Balaban J connectivity index is 1.71. The number of fused-ring (bicyclic) bond motifs is 2. The number of aliphatic hydroxyl groups excluding tert-OH is 1. The Kier molecular flexibility index (Phi) is 4.42. The van der Waals surface area contributed by atoms with Crippen LogP contribution in [0, 0.1) is 0 Å². The molecule has 0 unspecified atom stereocenters. The number of aryl methyl sites for hydroxylation is 2. The Morgan fingerprint density at radius 3 is 2.79 bits per heavy atom. The van der Waals surface area contributed by atoms with Crippen molar-refractivity contribution in [3.05, 3.63) is 45.3 Å². The molecule has 1 aromatic carbocycles. The third-order valence-electron chi connectivity index (χ3n) is 5.63. The molecule has 0 saturated carbocycles. The molecule has 0 amide bonds. The first-order valence-electron chi connectivity index (χ1n) is 9.18. The van der Waals surface area contributed by atoms with Crippen molar-refractivity contribution in [1.82, 2.24) is 4.90 Å². The molecular formula is C20H25NO3. The van der Waals surface area contributed by atoms with Crippen LogP contribution in [0.2, 0.25) is 0 Å². The molecule has 0 radical (unpaired) electrons. The van der Waals surface area contributed by atoms with Crippen LogP contribution in [0.1, 0.15) is 48.8 Å². The minimum absolute atomic E-state index is 0.229. The maximum atomic E-state index is 12.0. The summed E-state index contributed by atoms with van der Waals surface area (Å²) in [7, 11) is 0. The van der Waals surface area contributed by atoms with Gasteiger partial charge in [0.25, 0.3) is 0 Å². The van der Waals surface area contributed by atoms with Gasteiger partial charge in [-0.15, -0.1) is 0 Å². The van der Waals surface area contributed by atoms with Crippen molar-refractivity contribution < 1.29 is 9.52 Å². The van der Waals surface area contributed by atoms with Crippen LogP contribution in [0.4, 0.5) is 0 Å². The second kappa shape index (κ2) is 6.69. The second-order valence-corrected chi connectivity index (χ2v) is 7.19. The van der Waals surface area contributed by atoms with Crippen molar-refractivity contribution in [2.45, 2.75) is 57.5 Å². The predicted molar refractivity (Wildman–Crippen MR) is 94.3 cm³/mol. The number of likely N-dealkylation sites (tertiary alicyclic amines) is 1. The molecule has 2 aliphatic rings. The Bertz CT molecular complexity index is 793. The summed E-state index contributed by atoms with van der Waals surface area (Å²) >= 11 is 0. The average Bonchev–Trinajstić information content (AvgIpc) is 3.02. The van der Waals surface area contributed by atoms with Crippen LogP contribution >= 0.6 is 0 Å². The molecule has 4 heteroatoms. The van der Waals surface area contributed by atoms with E-state index in [1.807, 2.05) is 0 Å². The second-order valence-electron chi connectivity index (χ2n) is 7.19. The van der Waals surface area contributed by atoms with Crippen LogP contribution in [0.3, 0.4) is 0 Å². The van der Waals surface area contributed by atoms with E-state index < -0.39 is 0 Å². The summed E-state index contributed by atoms with van der Waals surface area (Å²) in [5, 5.41) is 10.4. The average molecular weight is 327 g/mol. The maximum absolute atomic E-state index is 12.0. The summed E-state index contributed by atoms with van der Waals surface area (Å²) in [6.45, 7) is 2.04. The van der Waals surface area contributed by atoms with Crippen LogP contribution in [0.15, 0.2) is 27.4 Å². The van der Waals surface area contributed by atoms with E-state index in [1.54, 1.807) is 6.07 Å². The molecule has 24 heavy (non-hydrogen) atoms. The molecule has 1 aliphatic carbocycles. The molecule has 2 aromatic rings. The van der Waals surface area contributed by atoms with Gasteiger partial charge in [0.05, 0.1) is 0 Å². The fourth-order valence-electron chi connectivity index (χ4n) is 4.39. The van der Waals surface area contributed by atoms with Crippen molar-refractivity contribution in [3.63, 3.8) is 0 Å². The van der Waals surface area contributed by atoms with Gasteiger partial charge in [0, 0.05) is 30.6 Å². The first-order chi connectivity index (χ1) is 11.7. The van der Waals surface area contributed by atoms with Gasteiger partial charge in [-0.2, -0.15) is 0 Å². The van der Waals surface area contributed by atoms with Gasteiger partial charge in [-0.3, -0.25) is 4.90 Å². The number of nitrogens with zero attached hydrogens (tertiary/aromatic N) is 1. The van der Waals surface area contributed by atoms with Crippen molar-refractivity contribution in [3.8, 4) is 0 Å². The van der Waals surface area contributed by atoms with Gasteiger partial charge in [0.2, 0.25) is 0 Å². The molecule has 0 bridgehead atoms. The van der Waals surface area contributed by atoms with Crippen LogP contribution in [-0.4, -0.2) is 29.2 Å². The summed E-state index contributed by atoms with van der Waals surface area (Å²) in [5.41, 5.74) is 4.28. The van der Waals surface area contributed by atoms with Gasteiger partial charge < -0.3 is 9.52 Å². The van der Waals surface area contributed by atoms with Crippen LogP contribution in [0.5, 0.6) is 0 Å². The predicted octanol–water partition coefficient (Wildman–Crippen LogP) is 3.02. The Morgan fingerprint density at radius 2 is 1.96 bits per heavy atom. The summed E-state index contributed by atoms with van der Waals surface area (Å²) in [4.78, 5) is 14.5. The zero-order valence-corrected chi connectivity index (χ0v) is 14.1. The first kappa shape index (κ1) is 15.9. The lowest BCUT2D eigenvalue weighted by molar-refractivity contribution is 0.113. The molecule has 1 fully saturated rings. The molecule has 4 rings (SSSR count). The number of piperidine rings is 1.